The van der Waals surface area contributed by atoms with Crippen LogP contribution in [0.5, 0.6) is 0 Å². The molecule has 18 heavy (non-hydrogen) atoms. The summed E-state index contributed by atoms with van der Waals surface area (Å²) in [7, 11) is 0. The van der Waals surface area contributed by atoms with Crippen molar-refractivity contribution in [1.29, 1.82) is 0 Å². The van der Waals surface area contributed by atoms with Gasteiger partial charge in [0.15, 0.2) is 0 Å². The zero-order valence-electron chi connectivity index (χ0n) is 10.8. The summed E-state index contributed by atoms with van der Waals surface area (Å²) in [4.78, 5) is 13.7. The standard InChI is InChI=1S/C14H20N2O2/c1-2-13-10-16(9-8-15-13)14(17)18-11-12-6-4-3-5-7-12/h3-7,13,15H,2,8-11H2,1H3/t13-/m1/s1. The highest BCUT2D eigenvalue weighted by Crippen LogP contribution is 2.07. The lowest BCUT2D eigenvalue weighted by atomic mass is 10.2. The van der Waals surface area contributed by atoms with Crippen LogP contribution in [-0.2, 0) is 11.3 Å². The van der Waals surface area contributed by atoms with Gasteiger partial charge in [0.1, 0.15) is 6.61 Å². The summed E-state index contributed by atoms with van der Waals surface area (Å²) in [5.74, 6) is 0. The van der Waals surface area contributed by atoms with Crippen LogP contribution in [0, 0.1) is 0 Å². The maximum absolute atomic E-state index is 11.9. The molecular weight excluding hydrogens is 228 g/mol. The third kappa shape index (κ3) is 3.47. The van der Waals surface area contributed by atoms with Crippen molar-refractivity contribution in [3.8, 4) is 0 Å². The van der Waals surface area contributed by atoms with Crippen LogP contribution >= 0.6 is 0 Å². The van der Waals surface area contributed by atoms with Gasteiger partial charge in [0, 0.05) is 25.7 Å². The van der Waals surface area contributed by atoms with Crippen molar-refractivity contribution in [3.05, 3.63) is 35.9 Å². The van der Waals surface area contributed by atoms with E-state index < -0.39 is 0 Å². The number of nitrogens with one attached hydrogen (secondary N) is 1. The summed E-state index contributed by atoms with van der Waals surface area (Å²) in [6, 6.07) is 10.2. The highest BCUT2D eigenvalue weighted by molar-refractivity contribution is 5.67. The van der Waals surface area contributed by atoms with E-state index in [0.717, 1.165) is 31.6 Å². The van der Waals surface area contributed by atoms with Gasteiger partial charge in [0.05, 0.1) is 0 Å². The molecule has 1 aromatic carbocycles. The van der Waals surface area contributed by atoms with Crippen molar-refractivity contribution >= 4 is 6.09 Å². The molecule has 1 saturated heterocycles. The van der Waals surface area contributed by atoms with Crippen molar-refractivity contribution in [1.82, 2.24) is 10.2 Å². The maximum Gasteiger partial charge on any atom is 0.410 e. The largest absolute Gasteiger partial charge is 0.445 e. The first-order valence-corrected chi connectivity index (χ1v) is 6.48. The van der Waals surface area contributed by atoms with Crippen LogP contribution in [0.2, 0.25) is 0 Å². The normalized spacial score (nSPS) is 19.6. The van der Waals surface area contributed by atoms with Gasteiger partial charge in [-0.1, -0.05) is 37.3 Å². The second kappa shape index (κ2) is 6.40. The van der Waals surface area contributed by atoms with Gasteiger partial charge in [-0.3, -0.25) is 0 Å². The fourth-order valence-electron chi connectivity index (χ4n) is 2.08. The molecule has 1 aliphatic heterocycles. The van der Waals surface area contributed by atoms with E-state index in [1.807, 2.05) is 30.3 Å². The molecule has 1 amide bonds. The first-order chi connectivity index (χ1) is 8.79. The molecule has 4 nitrogen and oxygen atoms in total. The lowest BCUT2D eigenvalue weighted by molar-refractivity contribution is 0.0846. The smallest absolute Gasteiger partial charge is 0.410 e. The van der Waals surface area contributed by atoms with E-state index in [2.05, 4.69) is 12.2 Å². The number of hydrogen-bond acceptors (Lipinski definition) is 3. The summed E-state index contributed by atoms with van der Waals surface area (Å²) in [5, 5.41) is 3.38. The van der Waals surface area contributed by atoms with Gasteiger partial charge >= 0.3 is 6.09 Å². The van der Waals surface area contributed by atoms with Gasteiger partial charge < -0.3 is 15.0 Å². The Morgan fingerprint density at radius 2 is 2.22 bits per heavy atom. The summed E-state index contributed by atoms with van der Waals surface area (Å²) < 4.78 is 5.32. The number of carbonyl (C=O) groups is 1. The average Bonchev–Trinajstić information content (AvgIpc) is 2.46. The molecule has 1 fully saturated rings. The van der Waals surface area contributed by atoms with Crippen molar-refractivity contribution in [2.24, 2.45) is 0 Å². The Labute approximate surface area is 108 Å². The first kappa shape index (κ1) is 12.9. The van der Waals surface area contributed by atoms with Crippen LogP contribution in [0.25, 0.3) is 0 Å². The Bertz CT molecular complexity index is 381. The summed E-state index contributed by atoms with van der Waals surface area (Å²) in [5.41, 5.74) is 1.02. The van der Waals surface area contributed by atoms with Crippen molar-refractivity contribution < 1.29 is 9.53 Å². The minimum absolute atomic E-state index is 0.209. The Kier molecular flexibility index (Phi) is 4.59. The molecule has 1 N–H and O–H groups in total. The fourth-order valence-corrected chi connectivity index (χ4v) is 2.08. The fraction of sp³-hybridized carbons (Fsp3) is 0.500. The number of amides is 1. The zero-order chi connectivity index (χ0) is 12.8. The highest BCUT2D eigenvalue weighted by Gasteiger charge is 2.22. The molecule has 0 saturated carbocycles. The molecule has 1 heterocycles. The average molecular weight is 248 g/mol. The predicted octanol–water partition coefficient (Wildman–Crippen LogP) is 2.01. The van der Waals surface area contributed by atoms with E-state index in [1.165, 1.54) is 0 Å². The van der Waals surface area contributed by atoms with Crippen molar-refractivity contribution in [2.75, 3.05) is 19.6 Å². The Morgan fingerprint density at radius 3 is 2.94 bits per heavy atom. The number of benzene rings is 1. The van der Waals surface area contributed by atoms with Gasteiger partial charge in [-0.2, -0.15) is 0 Å². The molecule has 98 valence electrons. The minimum atomic E-state index is -0.209. The Morgan fingerprint density at radius 1 is 1.44 bits per heavy atom. The molecule has 1 aromatic rings. The second-order valence-electron chi connectivity index (χ2n) is 4.55. The van der Waals surface area contributed by atoms with Crippen LogP contribution in [0.3, 0.4) is 0 Å². The molecular formula is C14H20N2O2. The van der Waals surface area contributed by atoms with Crippen molar-refractivity contribution in [2.45, 2.75) is 26.0 Å². The van der Waals surface area contributed by atoms with E-state index in [-0.39, 0.29) is 6.09 Å². The quantitative estimate of drug-likeness (QED) is 0.889. The Balaban J connectivity index is 1.81. The molecule has 1 aliphatic rings. The molecule has 0 spiro atoms. The molecule has 4 heteroatoms. The van der Waals surface area contributed by atoms with Crippen LogP contribution in [0.1, 0.15) is 18.9 Å². The second-order valence-corrected chi connectivity index (χ2v) is 4.55. The zero-order valence-corrected chi connectivity index (χ0v) is 10.8. The van der Waals surface area contributed by atoms with Gasteiger partial charge in [-0.15, -0.1) is 0 Å². The molecule has 1 atom stereocenters. The minimum Gasteiger partial charge on any atom is -0.445 e. The summed E-state index contributed by atoms with van der Waals surface area (Å²) in [6.07, 6.45) is 0.821. The molecule has 0 unspecified atom stereocenters. The van der Waals surface area contributed by atoms with E-state index in [9.17, 15) is 4.79 Å². The van der Waals surface area contributed by atoms with Gasteiger partial charge in [0.2, 0.25) is 0 Å². The number of nitrogens with zero attached hydrogens (tertiary/aromatic N) is 1. The van der Waals surface area contributed by atoms with E-state index in [1.54, 1.807) is 4.90 Å². The summed E-state index contributed by atoms with van der Waals surface area (Å²) >= 11 is 0. The van der Waals surface area contributed by atoms with Crippen LogP contribution in [0.4, 0.5) is 4.79 Å². The predicted molar refractivity (Wildman–Crippen MR) is 70.3 cm³/mol. The molecule has 0 bridgehead atoms. The number of hydrogen-bond donors (Lipinski definition) is 1. The third-order valence-corrected chi connectivity index (χ3v) is 3.21. The molecule has 2 rings (SSSR count). The van der Waals surface area contributed by atoms with Crippen LogP contribution < -0.4 is 5.32 Å². The van der Waals surface area contributed by atoms with E-state index in [4.69, 9.17) is 4.74 Å². The van der Waals surface area contributed by atoms with E-state index >= 15 is 0 Å². The highest BCUT2D eigenvalue weighted by atomic mass is 16.6. The summed E-state index contributed by atoms with van der Waals surface area (Å²) in [6.45, 7) is 4.78. The lowest BCUT2D eigenvalue weighted by Gasteiger charge is -2.32. The van der Waals surface area contributed by atoms with Gasteiger partial charge in [-0.25, -0.2) is 4.79 Å². The number of ether oxygens (including phenoxy) is 1. The third-order valence-electron chi connectivity index (χ3n) is 3.21. The number of piperazine rings is 1. The number of carbonyl (C=O) groups excluding carboxylic acids is 1. The first-order valence-electron chi connectivity index (χ1n) is 6.48. The Hall–Kier alpha value is -1.55. The van der Waals surface area contributed by atoms with E-state index in [0.29, 0.717) is 12.6 Å². The maximum atomic E-state index is 11.9. The van der Waals surface area contributed by atoms with Crippen LogP contribution in [-0.4, -0.2) is 36.7 Å². The molecule has 0 radical (unpaired) electrons. The van der Waals surface area contributed by atoms with Crippen LogP contribution in [0.15, 0.2) is 30.3 Å². The lowest BCUT2D eigenvalue weighted by Crippen LogP contribution is -2.52. The van der Waals surface area contributed by atoms with Gasteiger partial charge in [0.25, 0.3) is 0 Å². The number of rotatable bonds is 3. The topological polar surface area (TPSA) is 41.6 Å². The monoisotopic (exact) mass is 248 g/mol. The van der Waals surface area contributed by atoms with Crippen molar-refractivity contribution in [3.63, 3.8) is 0 Å². The van der Waals surface area contributed by atoms with Gasteiger partial charge in [-0.05, 0) is 12.0 Å². The SMILES string of the molecule is CC[C@@H]1CN(C(=O)OCc2ccccc2)CCN1. The molecule has 0 aromatic heterocycles. The molecule has 0 aliphatic carbocycles.